The van der Waals surface area contributed by atoms with Crippen molar-refractivity contribution in [1.29, 1.82) is 0 Å². The van der Waals surface area contributed by atoms with E-state index in [1.165, 1.54) is 18.8 Å². The van der Waals surface area contributed by atoms with Crippen LogP contribution in [0, 0.1) is 6.92 Å². The van der Waals surface area contributed by atoms with E-state index in [1.54, 1.807) is 25.9 Å². The number of ether oxygens (including phenoxy) is 2. The number of nitrogens with two attached hydrogens (primary N) is 1. The zero-order valence-corrected chi connectivity index (χ0v) is 44.8. The number of hydrogen-bond acceptors (Lipinski definition) is 14. The van der Waals surface area contributed by atoms with E-state index in [4.69, 9.17) is 60.0 Å². The van der Waals surface area contributed by atoms with Crippen molar-refractivity contribution in [2.24, 2.45) is 12.8 Å². The molecular formula is C45H64Cl3F3N9O10P. The molecule has 1 amide bonds. The van der Waals surface area contributed by atoms with Crippen LogP contribution in [0.25, 0.3) is 5.69 Å². The number of rotatable bonds is 16. The molecule has 2 aromatic carbocycles. The van der Waals surface area contributed by atoms with Gasteiger partial charge in [0.1, 0.15) is 17.6 Å². The second kappa shape index (κ2) is 28.8. The summed E-state index contributed by atoms with van der Waals surface area (Å²) in [4.78, 5) is 81.4. The predicted octanol–water partition coefficient (Wildman–Crippen LogP) is 7.79. The van der Waals surface area contributed by atoms with Crippen LogP contribution in [0.15, 0.2) is 52.1 Å². The van der Waals surface area contributed by atoms with Gasteiger partial charge in [-0.05, 0) is 109 Å². The number of nitrogens with one attached hydrogen (secondary N) is 2. The summed E-state index contributed by atoms with van der Waals surface area (Å²) in [6, 6.07) is 8.92. The average Bonchev–Trinajstić information content (AvgIpc) is 3.24. The Kier molecular flexibility index (Phi) is 25.9. The predicted molar refractivity (Wildman–Crippen MR) is 271 cm³/mol. The lowest BCUT2D eigenvalue weighted by Crippen LogP contribution is -2.43. The van der Waals surface area contributed by atoms with Crippen LogP contribution in [0.5, 0.6) is 0 Å². The number of amides is 1. The topological polar surface area (TPSA) is 263 Å². The zero-order chi connectivity index (χ0) is 54.8. The van der Waals surface area contributed by atoms with Gasteiger partial charge in [0.2, 0.25) is 23.1 Å². The van der Waals surface area contributed by atoms with Gasteiger partial charge >= 0.3 is 23.8 Å². The Labute approximate surface area is 425 Å². The van der Waals surface area contributed by atoms with E-state index in [9.17, 15) is 41.7 Å². The Hall–Kier alpha value is -5.09. The van der Waals surface area contributed by atoms with Gasteiger partial charge in [-0.25, -0.2) is 14.2 Å². The summed E-state index contributed by atoms with van der Waals surface area (Å²) < 4.78 is 60.4. The Balaban J connectivity index is 0.000000497. The molecule has 0 fully saturated rings. The van der Waals surface area contributed by atoms with Gasteiger partial charge in [-0.15, -0.1) is 11.6 Å². The van der Waals surface area contributed by atoms with Crippen LogP contribution in [-0.2, 0) is 43.3 Å². The lowest BCUT2D eigenvalue weighted by Gasteiger charge is -2.31. The van der Waals surface area contributed by atoms with E-state index < -0.39 is 54.6 Å². The third-order valence-electron chi connectivity index (χ3n) is 9.16. The lowest BCUT2D eigenvalue weighted by atomic mass is 10.0. The molecule has 4 aromatic rings. The molecule has 0 radical (unpaired) electrons. The smallest absolute Gasteiger partial charge is 0.431 e. The van der Waals surface area contributed by atoms with Gasteiger partial charge in [0, 0.05) is 45.1 Å². The largest absolute Gasteiger partial charge is 0.480 e. The molecule has 2 heterocycles. The number of aromatic nitrogens is 5. The Bertz CT molecular complexity index is 2590. The first kappa shape index (κ1) is 63.9. The average molecular weight is 1090 g/mol. The minimum Gasteiger partial charge on any atom is -0.480 e. The number of carboxylic acid groups (broad SMARTS) is 1. The van der Waals surface area contributed by atoms with Crippen LogP contribution in [-0.4, -0.2) is 115 Å². The van der Waals surface area contributed by atoms with Gasteiger partial charge < -0.3 is 40.7 Å². The highest BCUT2D eigenvalue weighted by Gasteiger charge is 2.35. The van der Waals surface area contributed by atoms with Crippen molar-refractivity contribution in [3.05, 3.63) is 96.0 Å². The molecule has 2 aromatic heterocycles. The molecule has 3 unspecified atom stereocenters. The van der Waals surface area contributed by atoms with Gasteiger partial charge in [0.15, 0.2) is 7.37 Å². The maximum absolute atomic E-state index is 12.9. The molecule has 0 bridgehead atoms. The van der Waals surface area contributed by atoms with Gasteiger partial charge in [-0.2, -0.15) is 28.1 Å². The molecule has 19 nitrogen and oxygen atoms in total. The third-order valence-corrected chi connectivity index (χ3v) is 11.0. The Morgan fingerprint density at radius 2 is 1.61 bits per heavy atom. The molecule has 396 valence electrons. The van der Waals surface area contributed by atoms with Crippen LogP contribution in [0.2, 0.25) is 10.3 Å². The highest BCUT2D eigenvalue weighted by atomic mass is 35.5. The first-order chi connectivity index (χ1) is 32.7. The fraction of sp³-hybridized carbons (Fsp3) is 0.511. The van der Waals surface area contributed by atoms with Crippen molar-refractivity contribution in [2.45, 2.75) is 105 Å². The highest BCUT2D eigenvalue weighted by molar-refractivity contribution is 7.57. The summed E-state index contributed by atoms with van der Waals surface area (Å²) in [7, 11) is -0.571. The van der Waals surface area contributed by atoms with Crippen molar-refractivity contribution in [1.82, 2.24) is 24.1 Å². The van der Waals surface area contributed by atoms with E-state index in [2.05, 4.69) is 38.6 Å². The number of methoxy groups -OCH3 is 1. The lowest BCUT2D eigenvalue weighted by molar-refractivity contribution is -0.144. The molecule has 4 rings (SSSR count). The van der Waals surface area contributed by atoms with Crippen LogP contribution in [0.1, 0.15) is 89.0 Å². The van der Waals surface area contributed by atoms with Crippen LogP contribution in [0.3, 0.4) is 0 Å². The number of nitrogens with zero attached hydrogens (tertiary/aromatic N) is 6. The number of aryl methyl sites for hydroxylation is 2. The maximum atomic E-state index is 12.9. The number of para-hydroxylation sites is 1. The second-order valence-electron chi connectivity index (χ2n) is 17.0. The Morgan fingerprint density at radius 3 is 2.10 bits per heavy atom. The molecule has 0 aliphatic heterocycles. The number of aliphatic carboxylic acids is 1. The summed E-state index contributed by atoms with van der Waals surface area (Å²) in [5.41, 5.74) is 4.19. The van der Waals surface area contributed by atoms with E-state index in [-0.39, 0.29) is 57.5 Å². The first-order valence-corrected chi connectivity index (χ1v) is 25.4. The molecule has 0 saturated carbocycles. The number of anilines is 3. The number of hydrogen-bond donors (Lipinski definition) is 5. The number of esters is 1. The molecule has 0 spiro atoms. The van der Waals surface area contributed by atoms with Gasteiger partial charge in [-0.1, -0.05) is 36.7 Å². The van der Waals surface area contributed by atoms with E-state index >= 15 is 0 Å². The molecule has 71 heavy (non-hydrogen) atoms. The SMILES string of the molecule is CC(C)OC(=O)c1cc(-n2c(=O)cc(C(F)(F)F)n(C)c2=O)ccc1Cl.CCNc1nc(Cl)nc(NC(C)(C)C)n1.CCc1cccc(C)c1N(C(=O)CCl)C(C)COC.CP(=O)(O)CCC(N)C(=O)O. The molecule has 26 heteroatoms. The molecule has 3 atom stereocenters. The number of alkyl halides is 4. The normalized spacial score (nSPS) is 12.9. The zero-order valence-electron chi connectivity index (χ0n) is 41.7. The summed E-state index contributed by atoms with van der Waals surface area (Å²) in [5.74, 6) is -1.06. The van der Waals surface area contributed by atoms with Crippen LogP contribution in [0.4, 0.5) is 30.8 Å². The van der Waals surface area contributed by atoms with E-state index in [0.717, 1.165) is 42.9 Å². The van der Waals surface area contributed by atoms with E-state index in [1.807, 2.05) is 53.7 Å². The van der Waals surface area contributed by atoms with Gasteiger partial charge in [-0.3, -0.25) is 23.5 Å². The maximum Gasteiger partial charge on any atom is 0.431 e. The van der Waals surface area contributed by atoms with Crippen LogP contribution < -0.4 is 32.5 Å². The third kappa shape index (κ3) is 21.7. The number of benzene rings is 2. The molecular weight excluding hydrogens is 1020 g/mol. The number of carboxylic acids is 1. The van der Waals surface area contributed by atoms with Crippen molar-refractivity contribution in [3.63, 3.8) is 0 Å². The summed E-state index contributed by atoms with van der Waals surface area (Å²) in [6.07, 6.45) is -4.43. The Morgan fingerprint density at radius 1 is 1.00 bits per heavy atom. The van der Waals surface area contributed by atoms with Crippen molar-refractivity contribution < 1.29 is 51.6 Å². The monoisotopic (exact) mass is 1080 g/mol. The molecule has 0 aliphatic rings. The molecule has 0 saturated heterocycles. The highest BCUT2D eigenvalue weighted by Crippen LogP contribution is 2.36. The second-order valence-corrected chi connectivity index (χ2v) is 20.5. The van der Waals surface area contributed by atoms with Gasteiger partial charge in [0.25, 0.3) is 5.56 Å². The molecule has 0 aliphatic carbocycles. The summed E-state index contributed by atoms with van der Waals surface area (Å²) in [6.45, 7) is 19.8. The minimum atomic E-state index is -4.86. The summed E-state index contributed by atoms with van der Waals surface area (Å²) >= 11 is 17.5. The van der Waals surface area contributed by atoms with Crippen molar-refractivity contribution >= 4 is 77.6 Å². The number of carbonyl (C=O) groups is 3. The number of carbonyl (C=O) groups excluding carboxylic acids is 2. The summed E-state index contributed by atoms with van der Waals surface area (Å²) in [5, 5.41) is 14.6. The van der Waals surface area contributed by atoms with Crippen LogP contribution >= 0.6 is 42.2 Å². The standard InChI is InChI=1S/C16H14ClF3N2O4.C15H22ClNO2.C9H16ClN5.C5H12NO4P/c1-8(2)26-14(24)10-6-9(4-5-11(10)17)22-13(23)7-12(16(18,19)20)21(3)15(22)25;1-5-13-8-6-7-11(2)15(13)17(14(18)9-16)12(3)10-19-4;1-5-11-7-12-6(10)13-8(14-7)15-9(2,3)4;1-11(9,10)3-2-4(6)5(7)8/h4-8H,1-3H3;6-8,12H,5,9-10H2,1-4H3;5H2,1-4H3,(H2,11,12,13,14,15);4H,2-3,6H2,1H3,(H,7,8)(H,9,10). The number of halogens is 6. The van der Waals surface area contributed by atoms with Crippen molar-refractivity contribution in [3.8, 4) is 5.69 Å². The fourth-order valence-electron chi connectivity index (χ4n) is 6.02. The first-order valence-electron chi connectivity index (χ1n) is 21.8. The molecule has 6 N–H and O–H groups in total. The fourth-order valence-corrected chi connectivity index (χ4v) is 7.26. The van der Waals surface area contributed by atoms with Crippen molar-refractivity contribution in [2.75, 3.05) is 54.5 Å². The quantitative estimate of drug-likeness (QED) is 0.0407. The van der Waals surface area contributed by atoms with E-state index in [0.29, 0.717) is 33.7 Å². The van der Waals surface area contributed by atoms with Gasteiger partial charge in [0.05, 0.1) is 40.7 Å². The minimum absolute atomic E-state index is 0.0104.